The SMILES string of the molecule is COc1ccc(NC(=O)NCCNc2nc(-c3ccccc3)nc3ccccc23)cc1. The van der Waals surface area contributed by atoms with E-state index >= 15 is 0 Å². The second kappa shape index (κ2) is 9.58. The van der Waals surface area contributed by atoms with Gasteiger partial charge in [-0.2, -0.15) is 0 Å². The normalized spacial score (nSPS) is 10.5. The predicted octanol–water partition coefficient (Wildman–Crippen LogP) is 4.54. The summed E-state index contributed by atoms with van der Waals surface area (Å²) in [5.74, 6) is 2.14. The van der Waals surface area contributed by atoms with Crippen molar-refractivity contribution in [3.05, 3.63) is 78.9 Å². The van der Waals surface area contributed by atoms with E-state index in [4.69, 9.17) is 9.72 Å². The van der Waals surface area contributed by atoms with Gasteiger partial charge in [-0.1, -0.05) is 42.5 Å². The molecule has 4 rings (SSSR count). The highest BCUT2D eigenvalue weighted by Gasteiger charge is 2.09. The van der Waals surface area contributed by atoms with E-state index in [1.54, 1.807) is 31.4 Å². The van der Waals surface area contributed by atoms with E-state index in [0.717, 1.165) is 28.0 Å². The van der Waals surface area contributed by atoms with Crippen molar-refractivity contribution >= 4 is 28.4 Å². The molecule has 31 heavy (non-hydrogen) atoms. The predicted molar refractivity (Wildman–Crippen MR) is 123 cm³/mol. The number of urea groups is 1. The number of benzene rings is 3. The van der Waals surface area contributed by atoms with Gasteiger partial charge in [0.25, 0.3) is 0 Å². The number of aromatic nitrogens is 2. The Morgan fingerprint density at radius 2 is 1.61 bits per heavy atom. The number of methoxy groups -OCH3 is 1. The number of carbonyl (C=O) groups is 1. The first-order valence-electron chi connectivity index (χ1n) is 9.98. The number of fused-ring (bicyclic) bond motifs is 1. The lowest BCUT2D eigenvalue weighted by Crippen LogP contribution is -2.32. The molecular formula is C24H23N5O2. The molecule has 0 aliphatic heterocycles. The maximum absolute atomic E-state index is 12.1. The quantitative estimate of drug-likeness (QED) is 0.387. The number of hydrogen-bond acceptors (Lipinski definition) is 5. The molecule has 0 unspecified atom stereocenters. The van der Waals surface area contributed by atoms with Crippen molar-refractivity contribution in [1.29, 1.82) is 0 Å². The Kier molecular flexibility index (Phi) is 6.23. The van der Waals surface area contributed by atoms with Crippen LogP contribution in [0.15, 0.2) is 78.9 Å². The molecular weight excluding hydrogens is 390 g/mol. The van der Waals surface area contributed by atoms with Gasteiger partial charge < -0.3 is 20.7 Å². The van der Waals surface area contributed by atoms with Crippen LogP contribution in [0.1, 0.15) is 0 Å². The Morgan fingerprint density at radius 3 is 2.39 bits per heavy atom. The zero-order chi connectivity index (χ0) is 21.5. The lowest BCUT2D eigenvalue weighted by atomic mass is 10.2. The van der Waals surface area contributed by atoms with Gasteiger partial charge in [0.05, 0.1) is 12.6 Å². The molecule has 0 aliphatic rings. The molecule has 156 valence electrons. The largest absolute Gasteiger partial charge is 0.497 e. The highest BCUT2D eigenvalue weighted by molar-refractivity contribution is 5.91. The monoisotopic (exact) mass is 413 g/mol. The minimum absolute atomic E-state index is 0.274. The van der Waals surface area contributed by atoms with E-state index in [2.05, 4.69) is 20.9 Å². The van der Waals surface area contributed by atoms with Crippen molar-refractivity contribution in [3.8, 4) is 17.1 Å². The molecule has 4 aromatic rings. The number of anilines is 2. The van der Waals surface area contributed by atoms with E-state index in [1.807, 2.05) is 54.6 Å². The molecule has 3 N–H and O–H groups in total. The molecule has 7 nitrogen and oxygen atoms in total. The molecule has 0 fully saturated rings. The van der Waals surface area contributed by atoms with E-state index in [9.17, 15) is 4.79 Å². The van der Waals surface area contributed by atoms with Gasteiger partial charge in [-0.05, 0) is 36.4 Å². The van der Waals surface area contributed by atoms with Gasteiger partial charge in [0, 0.05) is 29.7 Å². The summed E-state index contributed by atoms with van der Waals surface area (Å²) in [6, 6.07) is 24.6. The molecule has 7 heteroatoms. The number of ether oxygens (including phenoxy) is 1. The molecule has 0 saturated heterocycles. The Hall–Kier alpha value is -4.13. The van der Waals surface area contributed by atoms with Crippen LogP contribution in [0, 0.1) is 0 Å². The van der Waals surface area contributed by atoms with Crippen molar-refractivity contribution in [1.82, 2.24) is 15.3 Å². The van der Waals surface area contributed by atoms with Crippen LogP contribution in [-0.4, -0.2) is 36.2 Å². The summed E-state index contributed by atoms with van der Waals surface area (Å²) in [6.45, 7) is 0.951. The Balaban J connectivity index is 1.38. The molecule has 2 amide bonds. The molecule has 0 spiro atoms. The number of carbonyl (C=O) groups excluding carboxylic acids is 1. The fraction of sp³-hybridized carbons (Fsp3) is 0.125. The van der Waals surface area contributed by atoms with Crippen molar-refractivity contribution in [2.75, 3.05) is 30.8 Å². The van der Waals surface area contributed by atoms with Crippen LogP contribution in [0.4, 0.5) is 16.3 Å². The third-order valence-corrected chi connectivity index (χ3v) is 4.69. The topological polar surface area (TPSA) is 88.2 Å². The molecule has 1 aromatic heterocycles. The third-order valence-electron chi connectivity index (χ3n) is 4.69. The second-order valence-electron chi connectivity index (χ2n) is 6.82. The molecule has 0 radical (unpaired) electrons. The summed E-state index contributed by atoms with van der Waals surface area (Å²) in [6.07, 6.45) is 0. The smallest absolute Gasteiger partial charge is 0.319 e. The van der Waals surface area contributed by atoms with Crippen LogP contribution in [0.2, 0.25) is 0 Å². The number of amides is 2. The van der Waals surface area contributed by atoms with Gasteiger partial charge in [0.15, 0.2) is 5.82 Å². The van der Waals surface area contributed by atoms with Crippen molar-refractivity contribution < 1.29 is 9.53 Å². The Labute approximate surface area is 180 Å². The molecule has 1 heterocycles. The number of nitrogens with one attached hydrogen (secondary N) is 3. The van der Waals surface area contributed by atoms with Crippen LogP contribution in [0.5, 0.6) is 5.75 Å². The molecule has 0 aliphatic carbocycles. The molecule has 3 aromatic carbocycles. The van der Waals surface area contributed by atoms with Gasteiger partial charge >= 0.3 is 6.03 Å². The number of nitrogens with zero attached hydrogens (tertiary/aromatic N) is 2. The molecule has 0 atom stereocenters. The molecule has 0 saturated carbocycles. The van der Waals surface area contributed by atoms with Gasteiger partial charge in [-0.15, -0.1) is 0 Å². The van der Waals surface area contributed by atoms with Crippen LogP contribution >= 0.6 is 0 Å². The zero-order valence-electron chi connectivity index (χ0n) is 17.1. The summed E-state index contributed by atoms with van der Waals surface area (Å²) >= 11 is 0. The Morgan fingerprint density at radius 1 is 0.871 bits per heavy atom. The van der Waals surface area contributed by atoms with Crippen LogP contribution in [0.3, 0.4) is 0 Å². The summed E-state index contributed by atoms with van der Waals surface area (Å²) < 4.78 is 5.12. The van der Waals surface area contributed by atoms with E-state index < -0.39 is 0 Å². The minimum Gasteiger partial charge on any atom is -0.497 e. The van der Waals surface area contributed by atoms with E-state index in [-0.39, 0.29) is 6.03 Å². The summed E-state index contributed by atoms with van der Waals surface area (Å²) in [7, 11) is 1.60. The summed E-state index contributed by atoms with van der Waals surface area (Å²) in [5, 5.41) is 9.89. The zero-order valence-corrected chi connectivity index (χ0v) is 17.1. The van der Waals surface area contributed by atoms with Crippen molar-refractivity contribution in [2.45, 2.75) is 0 Å². The van der Waals surface area contributed by atoms with E-state index in [0.29, 0.717) is 24.6 Å². The fourth-order valence-electron chi connectivity index (χ4n) is 3.13. The lowest BCUT2D eigenvalue weighted by molar-refractivity contribution is 0.252. The lowest BCUT2D eigenvalue weighted by Gasteiger charge is -2.12. The van der Waals surface area contributed by atoms with Crippen molar-refractivity contribution in [2.24, 2.45) is 0 Å². The summed E-state index contributed by atoms with van der Waals surface area (Å²) in [4.78, 5) is 21.5. The van der Waals surface area contributed by atoms with Gasteiger partial charge in [-0.25, -0.2) is 14.8 Å². The second-order valence-corrected chi connectivity index (χ2v) is 6.82. The number of hydrogen-bond donors (Lipinski definition) is 3. The average molecular weight is 413 g/mol. The maximum Gasteiger partial charge on any atom is 0.319 e. The summed E-state index contributed by atoms with van der Waals surface area (Å²) in [5.41, 5.74) is 2.51. The fourth-order valence-corrected chi connectivity index (χ4v) is 3.13. The first-order chi connectivity index (χ1) is 15.2. The van der Waals surface area contributed by atoms with Gasteiger partial charge in [0.2, 0.25) is 0 Å². The highest BCUT2D eigenvalue weighted by atomic mass is 16.5. The Bertz CT molecular complexity index is 1160. The van der Waals surface area contributed by atoms with E-state index in [1.165, 1.54) is 0 Å². The standard InChI is InChI=1S/C24H23N5O2/c1-31-19-13-11-18(12-14-19)27-24(30)26-16-15-25-23-20-9-5-6-10-21(20)28-22(29-23)17-7-3-2-4-8-17/h2-14H,15-16H2,1H3,(H,25,28,29)(H2,26,27,30). The number of para-hydroxylation sites is 1. The number of rotatable bonds is 7. The van der Waals surface area contributed by atoms with Crippen LogP contribution < -0.4 is 20.7 Å². The third kappa shape index (κ3) is 5.08. The average Bonchev–Trinajstić information content (AvgIpc) is 2.82. The van der Waals surface area contributed by atoms with Crippen LogP contribution in [-0.2, 0) is 0 Å². The molecule has 0 bridgehead atoms. The highest BCUT2D eigenvalue weighted by Crippen LogP contribution is 2.24. The van der Waals surface area contributed by atoms with Crippen molar-refractivity contribution in [3.63, 3.8) is 0 Å². The van der Waals surface area contributed by atoms with Gasteiger partial charge in [-0.3, -0.25) is 0 Å². The van der Waals surface area contributed by atoms with Crippen LogP contribution in [0.25, 0.3) is 22.3 Å². The first-order valence-corrected chi connectivity index (χ1v) is 9.98. The maximum atomic E-state index is 12.1. The van der Waals surface area contributed by atoms with Gasteiger partial charge in [0.1, 0.15) is 11.6 Å². The minimum atomic E-state index is -0.274. The first kappa shape index (κ1) is 20.2.